The van der Waals surface area contributed by atoms with E-state index in [1.54, 1.807) is 6.20 Å². The molecule has 0 fully saturated rings. The molecule has 0 aliphatic rings. The van der Waals surface area contributed by atoms with Gasteiger partial charge in [-0.1, -0.05) is 30.3 Å². The lowest BCUT2D eigenvalue weighted by Crippen LogP contribution is -1.97. The lowest BCUT2D eigenvalue weighted by molar-refractivity contribution is 0.483. The molecule has 0 radical (unpaired) electrons. The number of ether oxygens (including phenoxy) is 1. The second-order valence-electron chi connectivity index (χ2n) is 6.88. The van der Waals surface area contributed by atoms with Gasteiger partial charge in [0.05, 0.1) is 0 Å². The number of benzene rings is 3. The van der Waals surface area contributed by atoms with E-state index in [0.29, 0.717) is 11.5 Å². The van der Waals surface area contributed by atoms with E-state index in [1.807, 2.05) is 89.5 Å². The Bertz CT molecular complexity index is 1330. The molecule has 0 bridgehead atoms. The van der Waals surface area contributed by atoms with Crippen molar-refractivity contribution in [2.24, 2.45) is 0 Å². The fourth-order valence-corrected chi connectivity index (χ4v) is 3.45. The van der Waals surface area contributed by atoms with Crippen LogP contribution in [0, 0.1) is 0 Å². The first-order valence-electron chi connectivity index (χ1n) is 9.51. The fourth-order valence-electron chi connectivity index (χ4n) is 3.45. The van der Waals surface area contributed by atoms with Crippen molar-refractivity contribution >= 4 is 17.0 Å². The summed E-state index contributed by atoms with van der Waals surface area (Å²) < 4.78 is 7.84. The third-order valence-electron chi connectivity index (χ3n) is 4.83. The van der Waals surface area contributed by atoms with Crippen LogP contribution >= 0.6 is 0 Å². The Morgan fingerprint density at radius 2 is 1.53 bits per heavy atom. The number of nitrogen functional groups attached to an aromatic ring is 2. The summed E-state index contributed by atoms with van der Waals surface area (Å²) in [6.45, 7) is 0. The minimum absolute atomic E-state index is 0.416. The highest BCUT2D eigenvalue weighted by molar-refractivity contribution is 5.88. The summed E-state index contributed by atoms with van der Waals surface area (Å²) in [5.41, 5.74) is 16.2. The van der Waals surface area contributed by atoms with Crippen LogP contribution in [0.4, 0.5) is 11.5 Å². The van der Waals surface area contributed by atoms with Crippen LogP contribution in [0.1, 0.15) is 0 Å². The standard InChI is InChI=1S/C24H19N5O/c25-18-6-4-5-17(15-18)24-28-21(22-23(26)27-13-14-29(22)24)16-9-11-20(12-10-16)30-19-7-2-1-3-8-19/h1-15H,25H2,(H2,26,27). The Morgan fingerprint density at radius 3 is 2.30 bits per heavy atom. The summed E-state index contributed by atoms with van der Waals surface area (Å²) in [4.78, 5) is 9.15. The molecule has 0 spiro atoms. The predicted molar refractivity (Wildman–Crippen MR) is 119 cm³/mol. The minimum atomic E-state index is 0.416. The molecule has 6 nitrogen and oxygen atoms in total. The number of fused-ring (bicyclic) bond motifs is 1. The first-order chi connectivity index (χ1) is 14.7. The largest absolute Gasteiger partial charge is 0.457 e. The number of rotatable bonds is 4. The van der Waals surface area contributed by atoms with Gasteiger partial charge in [-0.2, -0.15) is 0 Å². The molecule has 0 atom stereocenters. The quantitative estimate of drug-likeness (QED) is 0.418. The zero-order valence-electron chi connectivity index (χ0n) is 16.1. The lowest BCUT2D eigenvalue weighted by atomic mass is 10.1. The molecule has 2 heterocycles. The van der Waals surface area contributed by atoms with Gasteiger partial charge in [-0.05, 0) is 48.5 Å². The number of hydrogen-bond acceptors (Lipinski definition) is 5. The van der Waals surface area contributed by atoms with Crippen molar-refractivity contribution in [2.75, 3.05) is 11.5 Å². The minimum Gasteiger partial charge on any atom is -0.457 e. The smallest absolute Gasteiger partial charge is 0.150 e. The van der Waals surface area contributed by atoms with Gasteiger partial charge in [0.2, 0.25) is 0 Å². The van der Waals surface area contributed by atoms with Crippen molar-refractivity contribution in [3.63, 3.8) is 0 Å². The molecule has 0 saturated carbocycles. The highest BCUT2D eigenvalue weighted by Crippen LogP contribution is 2.33. The van der Waals surface area contributed by atoms with Gasteiger partial charge in [0.1, 0.15) is 34.4 Å². The Balaban J connectivity index is 1.59. The first kappa shape index (κ1) is 17.8. The van der Waals surface area contributed by atoms with Crippen LogP contribution in [0.15, 0.2) is 91.3 Å². The molecule has 146 valence electrons. The highest BCUT2D eigenvalue weighted by Gasteiger charge is 2.17. The van der Waals surface area contributed by atoms with E-state index in [0.717, 1.165) is 39.7 Å². The third kappa shape index (κ3) is 3.20. The van der Waals surface area contributed by atoms with E-state index < -0.39 is 0 Å². The first-order valence-corrected chi connectivity index (χ1v) is 9.51. The average Bonchev–Trinajstić information content (AvgIpc) is 3.16. The van der Waals surface area contributed by atoms with Crippen LogP contribution in [0.3, 0.4) is 0 Å². The van der Waals surface area contributed by atoms with Crippen molar-refractivity contribution < 1.29 is 4.74 Å². The van der Waals surface area contributed by atoms with Gasteiger partial charge in [0, 0.05) is 29.2 Å². The van der Waals surface area contributed by atoms with E-state index >= 15 is 0 Å². The molecule has 3 aromatic carbocycles. The number of imidazole rings is 1. The maximum Gasteiger partial charge on any atom is 0.150 e. The van der Waals surface area contributed by atoms with E-state index in [4.69, 9.17) is 21.2 Å². The Morgan fingerprint density at radius 1 is 0.767 bits per heavy atom. The predicted octanol–water partition coefficient (Wildman–Crippen LogP) is 5.02. The Hall–Kier alpha value is -4.32. The van der Waals surface area contributed by atoms with E-state index in [-0.39, 0.29) is 0 Å². The maximum atomic E-state index is 6.23. The van der Waals surface area contributed by atoms with E-state index in [2.05, 4.69) is 4.98 Å². The summed E-state index contributed by atoms with van der Waals surface area (Å²) in [7, 11) is 0. The molecule has 6 heteroatoms. The Labute approximate surface area is 173 Å². The number of hydrogen-bond donors (Lipinski definition) is 2. The van der Waals surface area contributed by atoms with Gasteiger partial charge >= 0.3 is 0 Å². The SMILES string of the molecule is Nc1cccc(-c2nc(-c3ccc(Oc4ccccc4)cc3)c3c(N)nccn23)c1. The normalized spacial score (nSPS) is 10.9. The van der Waals surface area contributed by atoms with Crippen LogP contribution in [0.5, 0.6) is 11.5 Å². The van der Waals surface area contributed by atoms with Crippen LogP contribution in [0.25, 0.3) is 28.2 Å². The molecule has 0 aliphatic carbocycles. The second-order valence-corrected chi connectivity index (χ2v) is 6.88. The molecule has 4 N–H and O–H groups in total. The molecular weight excluding hydrogens is 374 g/mol. The number of anilines is 2. The molecular formula is C24H19N5O. The lowest BCUT2D eigenvalue weighted by Gasteiger charge is -2.06. The van der Waals surface area contributed by atoms with Crippen molar-refractivity contribution in [1.29, 1.82) is 0 Å². The maximum absolute atomic E-state index is 6.23. The fraction of sp³-hybridized carbons (Fsp3) is 0. The van der Waals surface area contributed by atoms with E-state index in [1.165, 1.54) is 0 Å². The van der Waals surface area contributed by atoms with Gasteiger partial charge in [-0.15, -0.1) is 0 Å². The van der Waals surface area contributed by atoms with Gasteiger partial charge in [-0.25, -0.2) is 9.97 Å². The van der Waals surface area contributed by atoms with Crippen molar-refractivity contribution in [3.05, 3.63) is 91.3 Å². The molecule has 0 aliphatic heterocycles. The molecule has 0 unspecified atom stereocenters. The summed E-state index contributed by atoms with van der Waals surface area (Å²) in [5, 5.41) is 0. The van der Waals surface area contributed by atoms with Gasteiger partial charge in [0.25, 0.3) is 0 Å². The summed E-state index contributed by atoms with van der Waals surface area (Å²) in [5.74, 6) is 2.71. The zero-order valence-corrected chi connectivity index (χ0v) is 16.1. The second kappa shape index (κ2) is 7.25. The monoisotopic (exact) mass is 393 g/mol. The Kier molecular flexibility index (Phi) is 4.29. The number of aromatic nitrogens is 3. The third-order valence-corrected chi connectivity index (χ3v) is 4.83. The molecule has 5 rings (SSSR count). The molecule has 5 aromatic rings. The average molecular weight is 393 g/mol. The topological polar surface area (TPSA) is 91.5 Å². The molecule has 30 heavy (non-hydrogen) atoms. The summed E-state index contributed by atoms with van der Waals surface area (Å²) in [6.07, 6.45) is 3.52. The number of para-hydroxylation sites is 1. The van der Waals surface area contributed by atoms with Gasteiger partial charge in [-0.3, -0.25) is 4.40 Å². The molecule has 2 aromatic heterocycles. The summed E-state index contributed by atoms with van der Waals surface area (Å²) in [6, 6.07) is 25.1. The molecule has 0 saturated heterocycles. The zero-order chi connectivity index (χ0) is 20.5. The van der Waals surface area contributed by atoms with E-state index in [9.17, 15) is 0 Å². The van der Waals surface area contributed by atoms with Crippen LogP contribution in [-0.2, 0) is 0 Å². The van der Waals surface area contributed by atoms with Crippen LogP contribution in [0.2, 0.25) is 0 Å². The number of nitrogens with zero attached hydrogens (tertiary/aromatic N) is 3. The van der Waals surface area contributed by atoms with Gasteiger partial charge < -0.3 is 16.2 Å². The van der Waals surface area contributed by atoms with Crippen LogP contribution < -0.4 is 16.2 Å². The van der Waals surface area contributed by atoms with Crippen molar-refractivity contribution in [3.8, 4) is 34.1 Å². The number of nitrogens with two attached hydrogens (primary N) is 2. The molecule has 0 amide bonds. The van der Waals surface area contributed by atoms with Crippen molar-refractivity contribution in [1.82, 2.24) is 14.4 Å². The van der Waals surface area contributed by atoms with Gasteiger partial charge in [0.15, 0.2) is 0 Å². The highest BCUT2D eigenvalue weighted by atomic mass is 16.5. The summed E-state index contributed by atoms with van der Waals surface area (Å²) >= 11 is 0. The van der Waals surface area contributed by atoms with Crippen molar-refractivity contribution in [2.45, 2.75) is 0 Å². The van der Waals surface area contributed by atoms with Crippen LogP contribution in [-0.4, -0.2) is 14.4 Å².